The molecule has 0 saturated carbocycles. The largest absolute Gasteiger partial charge is 0.488 e. The Kier molecular flexibility index (Phi) is 4.23. The fraction of sp³-hybridized carbons (Fsp3) is 0.455. The summed E-state index contributed by atoms with van der Waals surface area (Å²) < 4.78 is 5.67. The molecule has 1 atom stereocenters. The van der Waals surface area contributed by atoms with Crippen LogP contribution in [0.25, 0.3) is 0 Å². The summed E-state index contributed by atoms with van der Waals surface area (Å²) in [5, 5.41) is 0.641. The van der Waals surface area contributed by atoms with Gasteiger partial charge in [-0.15, -0.1) is 0 Å². The number of rotatable bonds is 4. The highest BCUT2D eigenvalue weighted by Gasteiger charge is 2.08. The highest BCUT2D eigenvalue weighted by Crippen LogP contribution is 2.26. The Morgan fingerprint density at radius 2 is 2.21 bits per heavy atom. The molecule has 0 aliphatic carbocycles. The van der Waals surface area contributed by atoms with Crippen LogP contribution in [0.15, 0.2) is 18.2 Å². The molecule has 0 aromatic heterocycles. The quantitative estimate of drug-likeness (QED) is 0.835. The normalized spacial score (nSPS) is 12.6. The third-order valence-corrected chi connectivity index (χ3v) is 2.41. The lowest BCUT2D eigenvalue weighted by atomic mass is 10.2. The maximum absolute atomic E-state index is 5.99. The van der Waals surface area contributed by atoms with Crippen molar-refractivity contribution in [3.05, 3.63) is 28.8 Å². The summed E-state index contributed by atoms with van der Waals surface area (Å²) in [6, 6.07) is 5.73. The molecule has 1 aromatic carbocycles. The second-order valence-corrected chi connectivity index (χ2v) is 3.72. The van der Waals surface area contributed by atoms with Gasteiger partial charge in [-0.3, -0.25) is 0 Å². The predicted octanol–water partition coefficient (Wildman–Crippen LogP) is 2.76. The van der Waals surface area contributed by atoms with E-state index in [9.17, 15) is 0 Å². The second-order valence-electron chi connectivity index (χ2n) is 3.32. The fourth-order valence-electron chi connectivity index (χ4n) is 1.18. The molecule has 0 saturated heterocycles. The Hall–Kier alpha value is -0.730. The Morgan fingerprint density at radius 1 is 1.50 bits per heavy atom. The lowest BCUT2D eigenvalue weighted by Gasteiger charge is -2.16. The molecule has 0 fully saturated rings. The lowest BCUT2D eigenvalue weighted by Crippen LogP contribution is -2.25. The molecule has 78 valence electrons. The van der Waals surface area contributed by atoms with E-state index >= 15 is 0 Å². The van der Waals surface area contributed by atoms with Gasteiger partial charge in [-0.25, -0.2) is 0 Å². The zero-order valence-electron chi connectivity index (χ0n) is 8.59. The van der Waals surface area contributed by atoms with Crippen molar-refractivity contribution < 1.29 is 4.74 Å². The SMILES string of the molecule is CCC(CN)Oc1cc(C)ccc1Cl. The minimum absolute atomic E-state index is 0.0503. The van der Waals surface area contributed by atoms with Gasteiger partial charge in [0.1, 0.15) is 11.9 Å². The maximum atomic E-state index is 5.99. The van der Waals surface area contributed by atoms with E-state index in [2.05, 4.69) is 0 Å². The molecule has 0 aliphatic heterocycles. The van der Waals surface area contributed by atoms with Crippen molar-refractivity contribution in [2.75, 3.05) is 6.54 Å². The zero-order chi connectivity index (χ0) is 10.6. The molecule has 1 unspecified atom stereocenters. The highest BCUT2D eigenvalue weighted by molar-refractivity contribution is 6.32. The third kappa shape index (κ3) is 2.89. The monoisotopic (exact) mass is 213 g/mol. The first-order valence-corrected chi connectivity index (χ1v) is 5.18. The van der Waals surface area contributed by atoms with Gasteiger partial charge in [0.25, 0.3) is 0 Å². The molecule has 0 heterocycles. The number of hydrogen-bond donors (Lipinski definition) is 1. The van der Waals surface area contributed by atoms with Gasteiger partial charge in [0.15, 0.2) is 0 Å². The number of ether oxygens (including phenoxy) is 1. The van der Waals surface area contributed by atoms with E-state index in [-0.39, 0.29) is 6.10 Å². The molecule has 0 bridgehead atoms. The Labute approximate surface area is 90.0 Å². The van der Waals surface area contributed by atoms with Crippen LogP contribution in [0.2, 0.25) is 5.02 Å². The molecule has 0 aliphatic rings. The number of benzene rings is 1. The van der Waals surface area contributed by atoms with Crippen LogP contribution >= 0.6 is 11.6 Å². The summed E-state index contributed by atoms with van der Waals surface area (Å²) in [6.45, 7) is 4.56. The molecule has 0 spiro atoms. The van der Waals surface area contributed by atoms with Crippen molar-refractivity contribution >= 4 is 11.6 Å². The van der Waals surface area contributed by atoms with E-state index in [1.165, 1.54) is 0 Å². The van der Waals surface area contributed by atoms with Crippen LogP contribution in [-0.2, 0) is 0 Å². The first-order chi connectivity index (χ1) is 6.67. The van der Waals surface area contributed by atoms with E-state index in [0.717, 1.165) is 17.7 Å². The van der Waals surface area contributed by atoms with Crippen molar-refractivity contribution in [1.82, 2.24) is 0 Å². The van der Waals surface area contributed by atoms with Crippen molar-refractivity contribution in [3.63, 3.8) is 0 Å². The topological polar surface area (TPSA) is 35.2 Å². The molecule has 0 radical (unpaired) electrons. The molecule has 3 heteroatoms. The molecule has 2 N–H and O–H groups in total. The summed E-state index contributed by atoms with van der Waals surface area (Å²) in [5.74, 6) is 0.726. The van der Waals surface area contributed by atoms with Gasteiger partial charge in [0, 0.05) is 6.54 Å². The van der Waals surface area contributed by atoms with Crippen LogP contribution in [0.5, 0.6) is 5.75 Å². The second kappa shape index (κ2) is 5.23. The predicted molar refractivity (Wildman–Crippen MR) is 60.0 cm³/mol. The van der Waals surface area contributed by atoms with Crippen LogP contribution in [-0.4, -0.2) is 12.6 Å². The molecular weight excluding hydrogens is 198 g/mol. The summed E-state index contributed by atoms with van der Waals surface area (Å²) in [6.07, 6.45) is 0.940. The van der Waals surface area contributed by atoms with Gasteiger partial charge in [-0.1, -0.05) is 24.6 Å². The van der Waals surface area contributed by atoms with Crippen LogP contribution in [0, 0.1) is 6.92 Å². The van der Waals surface area contributed by atoms with Crippen molar-refractivity contribution in [3.8, 4) is 5.75 Å². The summed E-state index contributed by atoms with van der Waals surface area (Å²) >= 11 is 5.99. The van der Waals surface area contributed by atoms with Crippen LogP contribution in [0.3, 0.4) is 0 Å². The Balaban J connectivity index is 2.79. The van der Waals surface area contributed by atoms with E-state index in [0.29, 0.717) is 11.6 Å². The van der Waals surface area contributed by atoms with Crippen molar-refractivity contribution in [2.45, 2.75) is 26.4 Å². The van der Waals surface area contributed by atoms with Gasteiger partial charge < -0.3 is 10.5 Å². The highest BCUT2D eigenvalue weighted by atomic mass is 35.5. The first kappa shape index (κ1) is 11.3. The van der Waals surface area contributed by atoms with Crippen LogP contribution in [0.1, 0.15) is 18.9 Å². The Morgan fingerprint density at radius 3 is 2.79 bits per heavy atom. The smallest absolute Gasteiger partial charge is 0.138 e. The van der Waals surface area contributed by atoms with Crippen LogP contribution < -0.4 is 10.5 Å². The lowest BCUT2D eigenvalue weighted by molar-refractivity contribution is 0.205. The summed E-state index contributed by atoms with van der Waals surface area (Å²) in [5.41, 5.74) is 6.69. The fourth-order valence-corrected chi connectivity index (χ4v) is 1.34. The van der Waals surface area contributed by atoms with Gasteiger partial charge >= 0.3 is 0 Å². The average molecular weight is 214 g/mol. The first-order valence-electron chi connectivity index (χ1n) is 4.80. The van der Waals surface area contributed by atoms with E-state index in [1.54, 1.807) is 0 Å². The van der Waals surface area contributed by atoms with Gasteiger partial charge in [-0.05, 0) is 31.0 Å². The number of hydrogen-bond acceptors (Lipinski definition) is 2. The Bertz CT molecular complexity index is 297. The number of nitrogens with two attached hydrogens (primary N) is 1. The minimum Gasteiger partial charge on any atom is -0.488 e. The zero-order valence-corrected chi connectivity index (χ0v) is 9.34. The molecule has 1 aromatic rings. The van der Waals surface area contributed by atoms with Crippen molar-refractivity contribution in [1.29, 1.82) is 0 Å². The summed E-state index contributed by atoms with van der Waals surface area (Å²) in [7, 11) is 0. The molecule has 2 nitrogen and oxygen atoms in total. The standard InChI is InChI=1S/C11H16ClNO/c1-3-9(7-13)14-11-6-8(2)4-5-10(11)12/h4-6,9H,3,7,13H2,1-2H3. The van der Waals surface area contributed by atoms with E-state index in [1.807, 2.05) is 32.0 Å². The average Bonchev–Trinajstić information content (AvgIpc) is 2.19. The minimum atomic E-state index is 0.0503. The maximum Gasteiger partial charge on any atom is 0.138 e. The van der Waals surface area contributed by atoms with E-state index in [4.69, 9.17) is 22.1 Å². The van der Waals surface area contributed by atoms with Gasteiger partial charge in [-0.2, -0.15) is 0 Å². The number of aryl methyl sites for hydroxylation is 1. The number of halogens is 1. The van der Waals surface area contributed by atoms with E-state index < -0.39 is 0 Å². The summed E-state index contributed by atoms with van der Waals surface area (Å²) in [4.78, 5) is 0. The molecular formula is C11H16ClNO. The molecule has 0 amide bonds. The van der Waals surface area contributed by atoms with Gasteiger partial charge in [0.05, 0.1) is 5.02 Å². The van der Waals surface area contributed by atoms with Crippen molar-refractivity contribution in [2.24, 2.45) is 5.73 Å². The van der Waals surface area contributed by atoms with Gasteiger partial charge in [0.2, 0.25) is 0 Å². The van der Waals surface area contributed by atoms with Crippen LogP contribution in [0.4, 0.5) is 0 Å². The third-order valence-electron chi connectivity index (χ3n) is 2.10. The molecule has 1 rings (SSSR count). The molecule has 14 heavy (non-hydrogen) atoms.